The van der Waals surface area contributed by atoms with Gasteiger partial charge in [-0.15, -0.1) is 0 Å². The van der Waals surface area contributed by atoms with Crippen LogP contribution in [0.1, 0.15) is 31.0 Å². The van der Waals surface area contributed by atoms with Gasteiger partial charge in [-0.1, -0.05) is 67.9 Å². The van der Waals surface area contributed by atoms with Crippen molar-refractivity contribution in [3.05, 3.63) is 64.7 Å². The van der Waals surface area contributed by atoms with E-state index in [1.54, 1.807) is 0 Å². The third-order valence-corrected chi connectivity index (χ3v) is 3.35. The van der Waals surface area contributed by atoms with Crippen LogP contribution in [0.25, 0.3) is 0 Å². The first kappa shape index (κ1) is 14.9. The largest absolute Gasteiger partial charge is 0.491 e. The Morgan fingerprint density at radius 1 is 1.05 bits per heavy atom. The summed E-state index contributed by atoms with van der Waals surface area (Å²) in [5.74, 6) is 1.13. The fraction of sp³-hybridized carbons (Fsp3) is 0.294. The first-order valence-electron chi connectivity index (χ1n) is 6.81. The summed E-state index contributed by atoms with van der Waals surface area (Å²) < 4.78 is 5.86. The van der Waals surface area contributed by atoms with Crippen molar-refractivity contribution in [3.8, 4) is 5.75 Å². The van der Waals surface area contributed by atoms with Crippen molar-refractivity contribution in [3.63, 3.8) is 0 Å². The average Bonchev–Trinajstić information content (AvgIpc) is 2.45. The molecule has 0 bridgehead atoms. The van der Waals surface area contributed by atoms with Gasteiger partial charge in [-0.2, -0.15) is 0 Å². The maximum absolute atomic E-state index is 6.35. The molecule has 0 heterocycles. The molecule has 0 saturated carbocycles. The highest BCUT2D eigenvalue weighted by Crippen LogP contribution is 2.34. The maximum atomic E-state index is 6.35. The fourth-order valence-corrected chi connectivity index (χ4v) is 2.25. The standard InChI is InChI=1S/C17H20ClNO/c1-12(2)11-20-17-14(9-6-10-15(17)18)16(19)13-7-4-3-5-8-13/h3-10,12,16H,11,19H2,1-2H3. The number of nitrogens with two attached hydrogens (primary N) is 1. The molecule has 1 atom stereocenters. The Morgan fingerprint density at radius 3 is 2.40 bits per heavy atom. The highest BCUT2D eigenvalue weighted by atomic mass is 35.5. The van der Waals surface area contributed by atoms with E-state index in [4.69, 9.17) is 22.1 Å². The van der Waals surface area contributed by atoms with Crippen molar-refractivity contribution in [2.75, 3.05) is 6.61 Å². The molecule has 1 unspecified atom stereocenters. The molecule has 0 aliphatic carbocycles. The minimum atomic E-state index is -0.239. The number of halogens is 1. The first-order valence-corrected chi connectivity index (χ1v) is 7.19. The van der Waals surface area contributed by atoms with Crippen molar-refractivity contribution in [1.82, 2.24) is 0 Å². The van der Waals surface area contributed by atoms with Gasteiger partial charge in [-0.05, 0) is 17.5 Å². The lowest BCUT2D eigenvalue weighted by Gasteiger charge is -2.19. The van der Waals surface area contributed by atoms with Crippen LogP contribution >= 0.6 is 11.6 Å². The van der Waals surface area contributed by atoms with E-state index in [-0.39, 0.29) is 6.04 Å². The second-order valence-corrected chi connectivity index (χ2v) is 5.66. The highest BCUT2D eigenvalue weighted by molar-refractivity contribution is 6.32. The molecule has 0 fully saturated rings. The normalized spacial score (nSPS) is 12.4. The number of ether oxygens (including phenoxy) is 1. The lowest BCUT2D eigenvalue weighted by molar-refractivity contribution is 0.268. The third kappa shape index (κ3) is 3.53. The second kappa shape index (κ2) is 6.78. The molecule has 0 aromatic heterocycles. The zero-order valence-electron chi connectivity index (χ0n) is 11.8. The Balaban J connectivity index is 2.33. The molecule has 0 aliphatic heterocycles. The van der Waals surface area contributed by atoms with Crippen LogP contribution in [0.3, 0.4) is 0 Å². The summed E-state index contributed by atoms with van der Waals surface area (Å²) in [5.41, 5.74) is 8.32. The second-order valence-electron chi connectivity index (χ2n) is 5.25. The summed E-state index contributed by atoms with van der Waals surface area (Å²) in [6.07, 6.45) is 0. The summed E-state index contributed by atoms with van der Waals surface area (Å²) in [6, 6.07) is 15.4. The molecular formula is C17H20ClNO. The Morgan fingerprint density at radius 2 is 1.75 bits per heavy atom. The van der Waals surface area contributed by atoms with Gasteiger partial charge in [0.15, 0.2) is 0 Å². The van der Waals surface area contributed by atoms with Crippen LogP contribution in [-0.2, 0) is 0 Å². The molecule has 3 heteroatoms. The molecule has 0 saturated heterocycles. The van der Waals surface area contributed by atoms with E-state index in [1.165, 1.54) is 0 Å². The lowest BCUT2D eigenvalue weighted by Crippen LogP contribution is -2.15. The van der Waals surface area contributed by atoms with Gasteiger partial charge in [0.2, 0.25) is 0 Å². The van der Waals surface area contributed by atoms with Gasteiger partial charge >= 0.3 is 0 Å². The zero-order chi connectivity index (χ0) is 14.5. The summed E-state index contributed by atoms with van der Waals surface area (Å²) in [7, 11) is 0. The molecule has 0 radical (unpaired) electrons. The lowest BCUT2D eigenvalue weighted by atomic mass is 9.99. The number of benzene rings is 2. The van der Waals surface area contributed by atoms with Crippen LogP contribution in [0, 0.1) is 5.92 Å². The minimum absolute atomic E-state index is 0.239. The Hall–Kier alpha value is -1.51. The molecule has 2 aromatic carbocycles. The monoisotopic (exact) mass is 289 g/mol. The van der Waals surface area contributed by atoms with Crippen LogP contribution in [-0.4, -0.2) is 6.61 Å². The van der Waals surface area contributed by atoms with E-state index in [9.17, 15) is 0 Å². The smallest absolute Gasteiger partial charge is 0.142 e. The van der Waals surface area contributed by atoms with Crippen LogP contribution in [0.2, 0.25) is 5.02 Å². The molecule has 2 aromatic rings. The van der Waals surface area contributed by atoms with Crippen molar-refractivity contribution in [2.45, 2.75) is 19.9 Å². The molecule has 20 heavy (non-hydrogen) atoms. The molecule has 2 rings (SSSR count). The maximum Gasteiger partial charge on any atom is 0.142 e. The van der Waals surface area contributed by atoms with E-state index in [0.29, 0.717) is 23.3 Å². The average molecular weight is 290 g/mol. The molecule has 0 spiro atoms. The highest BCUT2D eigenvalue weighted by Gasteiger charge is 2.16. The van der Waals surface area contributed by atoms with Crippen molar-refractivity contribution < 1.29 is 4.74 Å². The van der Waals surface area contributed by atoms with Crippen LogP contribution < -0.4 is 10.5 Å². The Labute approximate surface area is 125 Å². The van der Waals surface area contributed by atoms with Gasteiger partial charge in [0.1, 0.15) is 5.75 Å². The Bertz CT molecular complexity index is 554. The minimum Gasteiger partial charge on any atom is -0.491 e. The third-order valence-electron chi connectivity index (χ3n) is 3.05. The van der Waals surface area contributed by atoms with E-state index in [1.807, 2.05) is 48.5 Å². The van der Waals surface area contributed by atoms with Crippen LogP contribution in [0.5, 0.6) is 5.75 Å². The number of hydrogen-bond donors (Lipinski definition) is 1. The van der Waals surface area contributed by atoms with E-state index < -0.39 is 0 Å². The summed E-state index contributed by atoms with van der Waals surface area (Å²) in [5, 5.41) is 0.606. The number of para-hydroxylation sites is 1. The summed E-state index contributed by atoms with van der Waals surface area (Å²) >= 11 is 6.26. The van der Waals surface area contributed by atoms with Crippen molar-refractivity contribution >= 4 is 11.6 Å². The molecule has 0 amide bonds. The molecule has 0 aliphatic rings. The van der Waals surface area contributed by atoms with Gasteiger partial charge in [0.05, 0.1) is 17.7 Å². The van der Waals surface area contributed by atoms with Crippen LogP contribution in [0.4, 0.5) is 0 Å². The molecular weight excluding hydrogens is 270 g/mol. The molecule has 2 nitrogen and oxygen atoms in total. The predicted molar refractivity (Wildman–Crippen MR) is 84.3 cm³/mol. The first-order chi connectivity index (χ1) is 9.59. The van der Waals surface area contributed by atoms with Gasteiger partial charge < -0.3 is 10.5 Å². The van der Waals surface area contributed by atoms with Gasteiger partial charge in [0, 0.05) is 5.56 Å². The fourth-order valence-electron chi connectivity index (χ4n) is 2.01. The topological polar surface area (TPSA) is 35.2 Å². The summed E-state index contributed by atoms with van der Waals surface area (Å²) in [4.78, 5) is 0. The molecule has 2 N–H and O–H groups in total. The molecule has 106 valence electrons. The van der Waals surface area contributed by atoms with E-state index >= 15 is 0 Å². The summed E-state index contributed by atoms with van der Waals surface area (Å²) in [6.45, 7) is 4.83. The Kier molecular flexibility index (Phi) is 5.05. The zero-order valence-corrected chi connectivity index (χ0v) is 12.6. The SMILES string of the molecule is CC(C)COc1c(Cl)cccc1C(N)c1ccccc1. The van der Waals surface area contributed by atoms with Crippen molar-refractivity contribution in [2.24, 2.45) is 11.7 Å². The van der Waals surface area contributed by atoms with Gasteiger partial charge in [-0.25, -0.2) is 0 Å². The number of hydrogen-bond acceptors (Lipinski definition) is 2. The predicted octanol–water partition coefficient (Wildman–Crippen LogP) is 4.42. The van der Waals surface area contributed by atoms with Crippen LogP contribution in [0.15, 0.2) is 48.5 Å². The van der Waals surface area contributed by atoms with Gasteiger partial charge in [0.25, 0.3) is 0 Å². The number of rotatable bonds is 5. The van der Waals surface area contributed by atoms with Crippen molar-refractivity contribution in [1.29, 1.82) is 0 Å². The quantitative estimate of drug-likeness (QED) is 0.884. The van der Waals surface area contributed by atoms with E-state index in [2.05, 4.69) is 13.8 Å². The van der Waals surface area contributed by atoms with E-state index in [0.717, 1.165) is 11.1 Å². The van der Waals surface area contributed by atoms with Gasteiger partial charge in [-0.3, -0.25) is 0 Å².